The van der Waals surface area contributed by atoms with Gasteiger partial charge in [0.1, 0.15) is 42.1 Å². The zero-order chi connectivity index (χ0) is 20.8. The molecule has 5 atom stereocenters. The molecule has 30 heavy (non-hydrogen) atoms. The Morgan fingerprint density at radius 3 is 2.93 bits per heavy atom. The number of fused-ring (bicyclic) bond motifs is 2. The van der Waals surface area contributed by atoms with Crippen molar-refractivity contribution in [1.82, 2.24) is 14.9 Å². The number of benzene rings is 1. The Bertz CT molecular complexity index is 1070. The second-order valence-corrected chi connectivity index (χ2v) is 8.35. The van der Waals surface area contributed by atoms with Gasteiger partial charge >= 0.3 is 0 Å². The van der Waals surface area contributed by atoms with E-state index in [0.29, 0.717) is 25.3 Å². The summed E-state index contributed by atoms with van der Waals surface area (Å²) in [5.41, 5.74) is 2.89. The molecule has 3 N–H and O–H groups in total. The molecule has 0 amide bonds. The summed E-state index contributed by atoms with van der Waals surface area (Å²) in [6.07, 6.45) is 1.72. The first-order chi connectivity index (χ1) is 14.5. The van der Waals surface area contributed by atoms with Crippen LogP contribution in [0, 0.1) is 6.92 Å². The lowest BCUT2D eigenvalue weighted by molar-refractivity contribution is -0.0166. The quantitative estimate of drug-likeness (QED) is 0.615. The molecule has 1 aromatic carbocycles. The van der Waals surface area contributed by atoms with Gasteiger partial charge in [-0.15, -0.1) is 0 Å². The third-order valence-electron chi connectivity index (χ3n) is 6.27. The minimum atomic E-state index is -0.994. The van der Waals surface area contributed by atoms with E-state index in [1.165, 1.54) is 0 Å². The SMILES string of the molecule is Cc1ccnc2c1ccn2C1CC(Oc2cccc3c2CNC(C)CO3)C(O)C1O. The molecule has 0 saturated heterocycles. The molecule has 3 heterocycles. The van der Waals surface area contributed by atoms with Crippen molar-refractivity contribution in [3.05, 3.63) is 53.9 Å². The van der Waals surface area contributed by atoms with Gasteiger partial charge in [0.15, 0.2) is 0 Å². The van der Waals surface area contributed by atoms with Crippen molar-refractivity contribution in [2.45, 2.75) is 57.2 Å². The number of ether oxygens (including phenoxy) is 2. The van der Waals surface area contributed by atoms with Crippen LogP contribution >= 0.6 is 0 Å². The standard InChI is InChI=1S/C23H27N3O4/c1-13-6-8-24-23-15(13)7-9-26(23)17-10-20(22(28)21(17)27)30-19-5-3-4-18-16(19)11-25-14(2)12-29-18/h3-9,14,17,20-22,25,27-28H,10-12H2,1-2H3. The van der Waals surface area contributed by atoms with E-state index in [9.17, 15) is 10.2 Å². The predicted octanol–water partition coefficient (Wildman–Crippen LogP) is 2.33. The van der Waals surface area contributed by atoms with Crippen LogP contribution in [0.5, 0.6) is 11.5 Å². The lowest BCUT2D eigenvalue weighted by Crippen LogP contribution is -2.34. The van der Waals surface area contributed by atoms with E-state index >= 15 is 0 Å². The van der Waals surface area contributed by atoms with Gasteiger partial charge in [0.05, 0.1) is 6.04 Å². The van der Waals surface area contributed by atoms with Crippen LogP contribution in [0.4, 0.5) is 0 Å². The normalized spacial score (nSPS) is 28.7. The maximum absolute atomic E-state index is 10.8. The number of hydrogen-bond donors (Lipinski definition) is 3. The Morgan fingerprint density at radius 2 is 2.07 bits per heavy atom. The zero-order valence-corrected chi connectivity index (χ0v) is 17.2. The van der Waals surface area contributed by atoms with Gasteiger partial charge in [0.25, 0.3) is 0 Å². The van der Waals surface area contributed by atoms with Gasteiger partial charge in [-0.05, 0) is 43.7 Å². The number of aryl methyl sites for hydroxylation is 1. The molecule has 5 unspecified atom stereocenters. The summed E-state index contributed by atoms with van der Waals surface area (Å²) in [6.45, 7) is 5.34. The van der Waals surface area contributed by atoms with Crippen LogP contribution in [0.15, 0.2) is 42.7 Å². The Hall–Kier alpha value is -2.61. The molecule has 1 aliphatic carbocycles. The van der Waals surface area contributed by atoms with Crippen molar-refractivity contribution in [3.63, 3.8) is 0 Å². The van der Waals surface area contributed by atoms with Crippen molar-refractivity contribution >= 4 is 11.0 Å². The van der Waals surface area contributed by atoms with Crippen LogP contribution in [0.3, 0.4) is 0 Å². The lowest BCUT2D eigenvalue weighted by atomic mass is 10.1. The summed E-state index contributed by atoms with van der Waals surface area (Å²) in [7, 11) is 0. The molecule has 3 aromatic rings. The van der Waals surface area contributed by atoms with Gasteiger partial charge in [-0.25, -0.2) is 4.98 Å². The first-order valence-corrected chi connectivity index (χ1v) is 10.5. The fourth-order valence-electron chi connectivity index (χ4n) is 4.50. The van der Waals surface area contributed by atoms with Crippen molar-refractivity contribution < 1.29 is 19.7 Å². The van der Waals surface area contributed by atoms with Gasteiger partial charge in [-0.2, -0.15) is 0 Å². The Morgan fingerprint density at radius 1 is 1.20 bits per heavy atom. The lowest BCUT2D eigenvalue weighted by Gasteiger charge is -2.21. The highest BCUT2D eigenvalue weighted by Gasteiger charge is 2.44. The molecule has 7 nitrogen and oxygen atoms in total. The Balaban J connectivity index is 1.42. The van der Waals surface area contributed by atoms with Crippen LogP contribution in [-0.4, -0.2) is 50.7 Å². The van der Waals surface area contributed by atoms with Gasteiger partial charge in [-0.1, -0.05) is 6.07 Å². The van der Waals surface area contributed by atoms with Crippen LogP contribution in [0.1, 0.15) is 30.5 Å². The highest BCUT2D eigenvalue weighted by atomic mass is 16.5. The molecule has 1 fully saturated rings. The van der Waals surface area contributed by atoms with Gasteiger partial charge < -0.3 is 29.6 Å². The molecule has 0 bridgehead atoms. The molecular formula is C23H27N3O4. The van der Waals surface area contributed by atoms with E-state index in [1.54, 1.807) is 6.20 Å². The van der Waals surface area contributed by atoms with E-state index in [2.05, 4.69) is 17.2 Å². The molecule has 1 saturated carbocycles. The summed E-state index contributed by atoms with van der Waals surface area (Å²) in [5, 5.41) is 26.0. The predicted molar refractivity (Wildman–Crippen MR) is 113 cm³/mol. The number of aliphatic hydroxyl groups excluding tert-OH is 2. The maximum Gasteiger partial charge on any atom is 0.140 e. The highest BCUT2D eigenvalue weighted by Crippen LogP contribution is 2.38. The molecule has 0 spiro atoms. The molecular weight excluding hydrogens is 382 g/mol. The number of aromatic nitrogens is 2. The molecule has 1 aliphatic heterocycles. The summed E-state index contributed by atoms with van der Waals surface area (Å²) in [5.74, 6) is 1.47. The minimum Gasteiger partial charge on any atom is -0.491 e. The number of nitrogens with zero attached hydrogens (tertiary/aromatic N) is 2. The summed E-state index contributed by atoms with van der Waals surface area (Å²) in [4.78, 5) is 4.49. The fourth-order valence-corrected chi connectivity index (χ4v) is 4.50. The number of rotatable bonds is 3. The monoisotopic (exact) mass is 409 g/mol. The van der Waals surface area contributed by atoms with E-state index in [0.717, 1.165) is 27.9 Å². The molecule has 0 radical (unpaired) electrons. The van der Waals surface area contributed by atoms with Crippen molar-refractivity contribution in [1.29, 1.82) is 0 Å². The number of pyridine rings is 1. The zero-order valence-electron chi connectivity index (χ0n) is 17.2. The van der Waals surface area contributed by atoms with Crippen LogP contribution in [0.25, 0.3) is 11.0 Å². The Labute approximate surface area is 175 Å². The van der Waals surface area contributed by atoms with Gasteiger partial charge in [0, 0.05) is 42.4 Å². The third-order valence-corrected chi connectivity index (χ3v) is 6.27. The fraction of sp³-hybridized carbons (Fsp3) is 0.435. The molecule has 158 valence electrons. The average Bonchev–Trinajstić information content (AvgIpc) is 3.21. The van der Waals surface area contributed by atoms with Crippen LogP contribution in [-0.2, 0) is 6.54 Å². The first-order valence-electron chi connectivity index (χ1n) is 10.5. The van der Waals surface area contributed by atoms with Crippen molar-refractivity contribution in [2.75, 3.05) is 6.61 Å². The maximum atomic E-state index is 10.8. The first kappa shape index (κ1) is 19.4. The van der Waals surface area contributed by atoms with Crippen molar-refractivity contribution in [3.8, 4) is 11.5 Å². The van der Waals surface area contributed by atoms with Gasteiger partial charge in [0.2, 0.25) is 0 Å². The largest absolute Gasteiger partial charge is 0.491 e. The minimum absolute atomic E-state index is 0.242. The highest BCUT2D eigenvalue weighted by molar-refractivity contribution is 5.79. The molecule has 2 aromatic heterocycles. The van der Waals surface area contributed by atoms with E-state index in [1.807, 2.05) is 48.0 Å². The summed E-state index contributed by atoms with van der Waals surface area (Å²) in [6, 6.07) is 9.63. The number of nitrogens with one attached hydrogen (secondary N) is 1. The van der Waals surface area contributed by atoms with E-state index in [-0.39, 0.29) is 12.1 Å². The second-order valence-electron chi connectivity index (χ2n) is 8.35. The van der Waals surface area contributed by atoms with Crippen LogP contribution < -0.4 is 14.8 Å². The van der Waals surface area contributed by atoms with Crippen LogP contribution in [0.2, 0.25) is 0 Å². The van der Waals surface area contributed by atoms with E-state index < -0.39 is 18.3 Å². The molecule has 5 rings (SSSR count). The van der Waals surface area contributed by atoms with Crippen molar-refractivity contribution in [2.24, 2.45) is 0 Å². The average molecular weight is 409 g/mol. The smallest absolute Gasteiger partial charge is 0.140 e. The molecule has 2 aliphatic rings. The summed E-state index contributed by atoms with van der Waals surface area (Å²) < 4.78 is 14.1. The molecule has 7 heteroatoms. The topological polar surface area (TPSA) is 88.8 Å². The number of hydrogen-bond acceptors (Lipinski definition) is 6. The second kappa shape index (κ2) is 7.58. The number of aliphatic hydroxyl groups is 2. The van der Waals surface area contributed by atoms with E-state index in [4.69, 9.17) is 9.47 Å². The third kappa shape index (κ3) is 3.23. The van der Waals surface area contributed by atoms with Gasteiger partial charge in [-0.3, -0.25) is 0 Å². The summed E-state index contributed by atoms with van der Waals surface area (Å²) >= 11 is 0. The Kier molecular flexibility index (Phi) is 4.89.